The number of hydrogen-bond acceptors (Lipinski definition) is 1. The predicted molar refractivity (Wildman–Crippen MR) is 56.3 cm³/mol. The minimum absolute atomic E-state index is 0.597. The molecule has 0 spiro atoms. The van der Waals surface area contributed by atoms with Gasteiger partial charge in [-0.3, -0.25) is 0 Å². The number of fused-ring (bicyclic) bond motifs is 1. The molecule has 1 atom stereocenters. The second-order valence-electron chi connectivity index (χ2n) is 3.54. The van der Waals surface area contributed by atoms with Crippen LogP contribution >= 0.6 is 11.6 Å². The van der Waals surface area contributed by atoms with Gasteiger partial charge in [0, 0.05) is 11.1 Å². The standard InChI is InChI=1S/C11H14ClN/c1-2-13-9-6-8-4-3-5-11(12)10(8)7-9/h3-5,9,13H,2,6-7H2,1H3. The third-order valence-electron chi connectivity index (χ3n) is 2.63. The summed E-state index contributed by atoms with van der Waals surface area (Å²) in [6.07, 6.45) is 2.21. The molecule has 0 saturated carbocycles. The molecule has 70 valence electrons. The van der Waals surface area contributed by atoms with Crippen LogP contribution in [-0.2, 0) is 12.8 Å². The number of benzene rings is 1. The van der Waals surface area contributed by atoms with Crippen LogP contribution < -0.4 is 5.32 Å². The summed E-state index contributed by atoms with van der Waals surface area (Å²) in [5, 5.41) is 4.39. The molecule has 1 aromatic carbocycles. The zero-order chi connectivity index (χ0) is 9.26. The van der Waals surface area contributed by atoms with Crippen molar-refractivity contribution in [3.05, 3.63) is 34.3 Å². The van der Waals surface area contributed by atoms with Crippen molar-refractivity contribution < 1.29 is 0 Å². The van der Waals surface area contributed by atoms with E-state index < -0.39 is 0 Å². The lowest BCUT2D eigenvalue weighted by molar-refractivity contribution is 0.552. The van der Waals surface area contributed by atoms with Crippen LogP contribution in [0.3, 0.4) is 0 Å². The normalized spacial score (nSPS) is 20.3. The smallest absolute Gasteiger partial charge is 0.0441 e. The molecule has 0 bridgehead atoms. The minimum Gasteiger partial charge on any atom is -0.314 e. The third-order valence-corrected chi connectivity index (χ3v) is 2.98. The van der Waals surface area contributed by atoms with Gasteiger partial charge in [0.1, 0.15) is 0 Å². The van der Waals surface area contributed by atoms with Crippen molar-refractivity contribution in [1.29, 1.82) is 0 Å². The molecule has 0 fully saturated rings. The number of nitrogens with one attached hydrogen (secondary N) is 1. The van der Waals surface area contributed by atoms with Gasteiger partial charge in [0.2, 0.25) is 0 Å². The van der Waals surface area contributed by atoms with E-state index in [1.54, 1.807) is 0 Å². The average molecular weight is 196 g/mol. The molecule has 1 aromatic rings. The topological polar surface area (TPSA) is 12.0 Å². The maximum Gasteiger partial charge on any atom is 0.0441 e. The molecule has 1 unspecified atom stereocenters. The minimum atomic E-state index is 0.597. The number of halogens is 1. The van der Waals surface area contributed by atoms with Crippen molar-refractivity contribution in [1.82, 2.24) is 5.32 Å². The van der Waals surface area contributed by atoms with E-state index in [1.807, 2.05) is 12.1 Å². The van der Waals surface area contributed by atoms with Crippen molar-refractivity contribution >= 4 is 11.6 Å². The number of rotatable bonds is 2. The monoisotopic (exact) mass is 195 g/mol. The molecule has 0 aliphatic heterocycles. The van der Waals surface area contributed by atoms with Crippen LogP contribution in [-0.4, -0.2) is 12.6 Å². The van der Waals surface area contributed by atoms with Gasteiger partial charge in [-0.1, -0.05) is 30.7 Å². The molecular weight excluding hydrogens is 182 g/mol. The summed E-state index contributed by atoms with van der Waals surface area (Å²) in [6, 6.07) is 6.79. The summed E-state index contributed by atoms with van der Waals surface area (Å²) in [4.78, 5) is 0. The maximum atomic E-state index is 6.11. The first kappa shape index (κ1) is 9.04. The van der Waals surface area contributed by atoms with Crippen molar-refractivity contribution in [3.63, 3.8) is 0 Å². The fourth-order valence-electron chi connectivity index (χ4n) is 2.04. The van der Waals surface area contributed by atoms with Crippen molar-refractivity contribution in [2.45, 2.75) is 25.8 Å². The van der Waals surface area contributed by atoms with E-state index in [-0.39, 0.29) is 0 Å². The third kappa shape index (κ3) is 1.72. The molecule has 1 aliphatic rings. The Kier molecular flexibility index (Phi) is 2.56. The molecule has 2 rings (SSSR count). The molecule has 1 aliphatic carbocycles. The van der Waals surface area contributed by atoms with Gasteiger partial charge in [-0.05, 0) is 36.6 Å². The van der Waals surface area contributed by atoms with E-state index in [0.29, 0.717) is 6.04 Å². The lowest BCUT2D eigenvalue weighted by atomic mass is 10.1. The Morgan fingerprint density at radius 3 is 3.00 bits per heavy atom. The van der Waals surface area contributed by atoms with E-state index in [0.717, 1.165) is 24.4 Å². The van der Waals surface area contributed by atoms with E-state index >= 15 is 0 Å². The zero-order valence-electron chi connectivity index (χ0n) is 7.81. The highest BCUT2D eigenvalue weighted by atomic mass is 35.5. The molecule has 1 nitrogen and oxygen atoms in total. The maximum absolute atomic E-state index is 6.11. The van der Waals surface area contributed by atoms with Crippen LogP contribution in [0.2, 0.25) is 5.02 Å². The lowest BCUT2D eigenvalue weighted by Crippen LogP contribution is -2.28. The van der Waals surface area contributed by atoms with Crippen LogP contribution in [0, 0.1) is 0 Å². The number of hydrogen-bond donors (Lipinski definition) is 1. The molecule has 1 N–H and O–H groups in total. The predicted octanol–water partition coefficient (Wildman–Crippen LogP) is 2.42. The first-order valence-electron chi connectivity index (χ1n) is 4.81. The van der Waals surface area contributed by atoms with E-state index in [9.17, 15) is 0 Å². The van der Waals surface area contributed by atoms with Gasteiger partial charge in [0.05, 0.1) is 0 Å². The highest BCUT2D eigenvalue weighted by Crippen LogP contribution is 2.28. The van der Waals surface area contributed by atoms with Crippen molar-refractivity contribution in [2.24, 2.45) is 0 Å². The van der Waals surface area contributed by atoms with Gasteiger partial charge in [-0.2, -0.15) is 0 Å². The second kappa shape index (κ2) is 3.69. The largest absolute Gasteiger partial charge is 0.314 e. The summed E-state index contributed by atoms with van der Waals surface area (Å²) in [5.41, 5.74) is 2.76. The van der Waals surface area contributed by atoms with Crippen LogP contribution in [0.4, 0.5) is 0 Å². The van der Waals surface area contributed by atoms with Crippen LogP contribution in [0.15, 0.2) is 18.2 Å². The van der Waals surface area contributed by atoms with Gasteiger partial charge in [0.15, 0.2) is 0 Å². The molecule has 0 saturated heterocycles. The molecule has 13 heavy (non-hydrogen) atoms. The summed E-state index contributed by atoms with van der Waals surface area (Å²) >= 11 is 6.11. The Labute approximate surface area is 84.1 Å². The molecular formula is C11H14ClN. The lowest BCUT2D eigenvalue weighted by Gasteiger charge is -2.08. The fraction of sp³-hybridized carbons (Fsp3) is 0.455. The molecule has 2 heteroatoms. The Balaban J connectivity index is 2.20. The Morgan fingerprint density at radius 1 is 1.46 bits per heavy atom. The highest BCUT2D eigenvalue weighted by molar-refractivity contribution is 6.31. The van der Waals surface area contributed by atoms with Gasteiger partial charge in [-0.25, -0.2) is 0 Å². The van der Waals surface area contributed by atoms with Crippen molar-refractivity contribution in [2.75, 3.05) is 6.54 Å². The van der Waals surface area contributed by atoms with Crippen molar-refractivity contribution in [3.8, 4) is 0 Å². The molecule has 0 heterocycles. The van der Waals surface area contributed by atoms with Crippen LogP contribution in [0.5, 0.6) is 0 Å². The Morgan fingerprint density at radius 2 is 2.31 bits per heavy atom. The second-order valence-corrected chi connectivity index (χ2v) is 3.95. The van der Waals surface area contributed by atoms with Crippen LogP contribution in [0.25, 0.3) is 0 Å². The first-order chi connectivity index (χ1) is 6.31. The van der Waals surface area contributed by atoms with Gasteiger partial charge in [0.25, 0.3) is 0 Å². The van der Waals surface area contributed by atoms with Gasteiger partial charge < -0.3 is 5.32 Å². The van der Waals surface area contributed by atoms with Crippen LogP contribution in [0.1, 0.15) is 18.1 Å². The van der Waals surface area contributed by atoms with Gasteiger partial charge >= 0.3 is 0 Å². The zero-order valence-corrected chi connectivity index (χ0v) is 8.56. The molecule has 0 amide bonds. The summed E-state index contributed by atoms with van der Waals surface area (Å²) in [5.74, 6) is 0. The van der Waals surface area contributed by atoms with E-state index in [2.05, 4.69) is 18.3 Å². The Hall–Kier alpha value is -0.530. The average Bonchev–Trinajstić information content (AvgIpc) is 2.49. The first-order valence-corrected chi connectivity index (χ1v) is 5.18. The molecule has 0 aromatic heterocycles. The highest BCUT2D eigenvalue weighted by Gasteiger charge is 2.21. The Bertz CT molecular complexity index is 309. The molecule has 0 radical (unpaired) electrons. The number of likely N-dealkylation sites (N-methyl/N-ethyl adjacent to an activating group) is 1. The fourth-order valence-corrected chi connectivity index (χ4v) is 2.31. The summed E-state index contributed by atoms with van der Waals surface area (Å²) < 4.78 is 0. The van der Waals surface area contributed by atoms with Gasteiger partial charge in [-0.15, -0.1) is 0 Å². The van der Waals surface area contributed by atoms with E-state index in [4.69, 9.17) is 11.6 Å². The SMILES string of the molecule is CCNC1Cc2cccc(Cl)c2C1. The quantitative estimate of drug-likeness (QED) is 0.765. The summed E-state index contributed by atoms with van der Waals surface area (Å²) in [6.45, 7) is 3.18. The summed E-state index contributed by atoms with van der Waals surface area (Å²) in [7, 11) is 0. The van der Waals surface area contributed by atoms with E-state index in [1.165, 1.54) is 11.1 Å².